The van der Waals surface area contributed by atoms with Gasteiger partial charge in [0, 0.05) is 36.5 Å². The molecule has 0 fully saturated rings. The van der Waals surface area contributed by atoms with Crippen LogP contribution in [0.25, 0.3) is 0 Å². The number of anilines is 2. The number of halogens is 3. The summed E-state index contributed by atoms with van der Waals surface area (Å²) < 4.78 is 0.790. The van der Waals surface area contributed by atoms with Gasteiger partial charge in [0.2, 0.25) is 10.6 Å². The molecule has 2 aromatic rings. The second-order valence-electron chi connectivity index (χ2n) is 6.28. The molecule has 134 valence electrons. The van der Waals surface area contributed by atoms with Crippen molar-refractivity contribution >= 4 is 50.8 Å². The molecular weight excluding hydrogens is 427 g/mol. The molecule has 1 aliphatic heterocycles. The van der Waals surface area contributed by atoms with E-state index in [4.69, 9.17) is 23.2 Å². The summed E-state index contributed by atoms with van der Waals surface area (Å²) in [6.45, 7) is 11.6. The zero-order valence-corrected chi connectivity index (χ0v) is 17.3. The van der Waals surface area contributed by atoms with E-state index in [9.17, 15) is 0 Å². The van der Waals surface area contributed by atoms with Crippen LogP contribution >= 0.6 is 39.1 Å². The van der Waals surface area contributed by atoms with Crippen LogP contribution < -0.4 is 10.6 Å². The minimum atomic E-state index is 0.125. The number of nitrogens with one attached hydrogen (secondary N) is 2. The van der Waals surface area contributed by atoms with E-state index in [1.54, 1.807) is 12.4 Å². The number of aromatic nitrogens is 4. The van der Waals surface area contributed by atoms with Crippen molar-refractivity contribution in [3.05, 3.63) is 45.1 Å². The Morgan fingerprint density at radius 3 is 2.60 bits per heavy atom. The van der Waals surface area contributed by atoms with Crippen LogP contribution in [0.1, 0.15) is 26.3 Å². The molecule has 6 nitrogen and oxygen atoms in total. The largest absolute Gasteiger partial charge is 0.369 e. The fourth-order valence-electron chi connectivity index (χ4n) is 2.09. The maximum absolute atomic E-state index is 5.65. The van der Waals surface area contributed by atoms with Crippen LogP contribution in [0.4, 0.5) is 11.6 Å². The molecule has 0 radical (unpaired) electrons. The van der Waals surface area contributed by atoms with Crippen LogP contribution in [0.2, 0.25) is 10.6 Å². The van der Waals surface area contributed by atoms with Crippen molar-refractivity contribution < 1.29 is 0 Å². The average molecular weight is 446 g/mol. The lowest BCUT2D eigenvalue weighted by atomic mass is 9.89. The minimum Gasteiger partial charge on any atom is -0.369 e. The van der Waals surface area contributed by atoms with Crippen LogP contribution in [-0.4, -0.2) is 33.0 Å². The smallest absolute Gasteiger partial charge is 0.224 e. The Bertz CT molecular complexity index is 781. The SMILES string of the molecule is C=C(C)CNc1nc(Cl)ncc1Br.CC1(C)CNc2nc(Cl)ncc21. The first-order valence-corrected chi connectivity index (χ1v) is 9.07. The molecule has 2 N–H and O–H groups in total. The van der Waals surface area contributed by atoms with E-state index in [0.29, 0.717) is 17.6 Å². The second kappa shape index (κ2) is 8.29. The normalized spacial score (nSPS) is 14.0. The van der Waals surface area contributed by atoms with Crippen LogP contribution in [0.3, 0.4) is 0 Å². The van der Waals surface area contributed by atoms with Crippen LogP contribution in [0, 0.1) is 0 Å². The van der Waals surface area contributed by atoms with Crippen molar-refractivity contribution in [1.29, 1.82) is 0 Å². The Kier molecular flexibility index (Phi) is 6.59. The van der Waals surface area contributed by atoms with Gasteiger partial charge in [-0.15, -0.1) is 0 Å². The van der Waals surface area contributed by atoms with Gasteiger partial charge in [-0.05, 0) is 46.1 Å². The Morgan fingerprint density at radius 1 is 1.28 bits per heavy atom. The maximum atomic E-state index is 5.65. The second-order valence-corrected chi connectivity index (χ2v) is 7.82. The first kappa shape index (κ1) is 19.9. The van der Waals surface area contributed by atoms with Crippen LogP contribution in [0.5, 0.6) is 0 Å². The van der Waals surface area contributed by atoms with Gasteiger partial charge in [0.1, 0.15) is 11.6 Å². The van der Waals surface area contributed by atoms with Crippen LogP contribution in [-0.2, 0) is 5.41 Å². The van der Waals surface area contributed by atoms with Crippen molar-refractivity contribution in [3.63, 3.8) is 0 Å². The van der Waals surface area contributed by atoms with E-state index < -0.39 is 0 Å². The molecule has 25 heavy (non-hydrogen) atoms. The molecule has 0 saturated carbocycles. The Balaban J connectivity index is 0.000000181. The van der Waals surface area contributed by atoms with Crippen molar-refractivity contribution in [2.24, 2.45) is 0 Å². The summed E-state index contributed by atoms with van der Waals surface area (Å²) in [7, 11) is 0. The lowest BCUT2D eigenvalue weighted by molar-refractivity contribution is 0.584. The maximum Gasteiger partial charge on any atom is 0.224 e. The third kappa shape index (κ3) is 5.52. The van der Waals surface area contributed by atoms with Crippen molar-refractivity contribution in [2.75, 3.05) is 23.7 Å². The molecule has 2 aromatic heterocycles. The molecule has 0 unspecified atom stereocenters. The summed E-state index contributed by atoms with van der Waals surface area (Å²) >= 11 is 14.6. The molecule has 9 heteroatoms. The fraction of sp³-hybridized carbons (Fsp3) is 0.375. The summed E-state index contributed by atoms with van der Waals surface area (Å²) in [6.07, 6.45) is 3.40. The van der Waals surface area contributed by atoms with E-state index in [1.165, 1.54) is 0 Å². The Morgan fingerprint density at radius 2 is 1.92 bits per heavy atom. The van der Waals surface area contributed by atoms with Gasteiger partial charge < -0.3 is 10.6 Å². The monoisotopic (exact) mass is 444 g/mol. The third-order valence-electron chi connectivity index (χ3n) is 3.46. The lowest BCUT2D eigenvalue weighted by Crippen LogP contribution is -2.18. The summed E-state index contributed by atoms with van der Waals surface area (Å²) in [4.78, 5) is 15.9. The van der Waals surface area contributed by atoms with Crippen LogP contribution in [0.15, 0.2) is 29.0 Å². The summed E-state index contributed by atoms with van der Waals surface area (Å²) in [5.74, 6) is 1.56. The molecule has 3 rings (SSSR count). The first-order chi connectivity index (χ1) is 11.7. The van der Waals surface area contributed by atoms with E-state index in [1.807, 2.05) is 6.92 Å². The highest BCUT2D eigenvalue weighted by molar-refractivity contribution is 9.10. The zero-order valence-electron chi connectivity index (χ0n) is 14.2. The van der Waals surface area contributed by atoms with Gasteiger partial charge in [-0.2, -0.15) is 4.98 Å². The molecule has 0 spiro atoms. The predicted molar refractivity (Wildman–Crippen MR) is 107 cm³/mol. The molecular formula is C16H19BrCl2N6. The van der Waals surface area contributed by atoms with Gasteiger partial charge in [0.05, 0.1) is 4.47 Å². The van der Waals surface area contributed by atoms with E-state index in [2.05, 4.69) is 66.9 Å². The Hall–Kier alpha value is -1.44. The number of rotatable bonds is 3. The van der Waals surface area contributed by atoms with Crippen molar-refractivity contribution in [2.45, 2.75) is 26.2 Å². The summed E-state index contributed by atoms with van der Waals surface area (Å²) in [5, 5.41) is 6.80. The highest BCUT2D eigenvalue weighted by atomic mass is 79.9. The van der Waals surface area contributed by atoms with Gasteiger partial charge in [0.25, 0.3) is 0 Å². The van der Waals surface area contributed by atoms with Gasteiger partial charge in [0.15, 0.2) is 0 Å². The molecule has 1 aliphatic rings. The zero-order chi connectivity index (χ0) is 18.6. The van der Waals surface area contributed by atoms with Crippen molar-refractivity contribution in [3.8, 4) is 0 Å². The highest BCUT2D eigenvalue weighted by Gasteiger charge is 2.31. The molecule has 0 saturated heterocycles. The number of fused-ring (bicyclic) bond motifs is 1. The highest BCUT2D eigenvalue weighted by Crippen LogP contribution is 2.34. The lowest BCUT2D eigenvalue weighted by Gasteiger charge is -2.15. The molecule has 0 bridgehead atoms. The van der Waals surface area contributed by atoms with E-state index in [0.717, 1.165) is 28.0 Å². The number of hydrogen-bond acceptors (Lipinski definition) is 6. The van der Waals surface area contributed by atoms with Gasteiger partial charge in [-0.3, -0.25) is 0 Å². The minimum absolute atomic E-state index is 0.125. The standard InChI is InChI=1S/C8H9BrClN3.C8H10ClN3/c1-5(2)3-11-7-6(9)4-12-8(10)13-7;1-8(2)4-11-6-5(8)3-10-7(9)12-6/h4H,1,3H2,2H3,(H,11,12,13);3H,4H2,1-2H3,(H,10,11,12). The summed E-state index contributed by atoms with van der Waals surface area (Å²) in [5.41, 5.74) is 2.30. The topological polar surface area (TPSA) is 75.6 Å². The quantitative estimate of drug-likeness (QED) is 0.526. The predicted octanol–water partition coefficient (Wildman–Crippen LogP) is 4.71. The first-order valence-electron chi connectivity index (χ1n) is 7.52. The van der Waals surface area contributed by atoms with Gasteiger partial charge in [-0.1, -0.05) is 26.0 Å². The molecule has 0 amide bonds. The Labute approximate surface area is 165 Å². The van der Waals surface area contributed by atoms with Gasteiger partial charge >= 0.3 is 0 Å². The van der Waals surface area contributed by atoms with E-state index >= 15 is 0 Å². The summed E-state index contributed by atoms with van der Waals surface area (Å²) in [6, 6.07) is 0. The third-order valence-corrected chi connectivity index (χ3v) is 4.40. The number of hydrogen-bond donors (Lipinski definition) is 2. The van der Waals surface area contributed by atoms with Crippen molar-refractivity contribution in [1.82, 2.24) is 19.9 Å². The fourth-order valence-corrected chi connectivity index (χ4v) is 2.69. The van der Waals surface area contributed by atoms with E-state index in [-0.39, 0.29) is 10.7 Å². The molecule has 0 aliphatic carbocycles. The average Bonchev–Trinajstić information content (AvgIpc) is 2.83. The number of nitrogens with zero attached hydrogens (tertiary/aromatic N) is 4. The molecule has 3 heterocycles. The molecule has 0 aromatic carbocycles. The molecule has 0 atom stereocenters. The van der Waals surface area contributed by atoms with Gasteiger partial charge in [-0.25, -0.2) is 15.0 Å².